The zero-order valence-corrected chi connectivity index (χ0v) is 12.9. The van der Waals surface area contributed by atoms with Gasteiger partial charge in [-0.3, -0.25) is 9.59 Å². The highest BCUT2D eigenvalue weighted by molar-refractivity contribution is 9.10. The number of rotatable bonds is 6. The van der Waals surface area contributed by atoms with Crippen LogP contribution in [-0.4, -0.2) is 23.5 Å². The number of aliphatic carboxylic acids is 1. The van der Waals surface area contributed by atoms with E-state index in [0.717, 1.165) is 22.9 Å². The Labute approximate surface area is 126 Å². The number of hydrogen-bond acceptors (Lipinski definition) is 2. The highest BCUT2D eigenvalue weighted by atomic mass is 79.9. The van der Waals surface area contributed by atoms with Crippen LogP contribution in [0.2, 0.25) is 0 Å². The maximum atomic E-state index is 12.3. The molecule has 1 fully saturated rings. The number of carboxylic acids is 1. The standard InChI is InChI=1S/C15H18BrNO3/c1-10(8-13(18)19)9-17-14(20)15(6-7-15)11-2-4-12(16)5-3-11/h2-5,10H,6-9H2,1H3,(H,17,20)(H,18,19). The third-order valence-corrected chi connectivity index (χ3v) is 4.24. The molecule has 20 heavy (non-hydrogen) atoms. The minimum atomic E-state index is -0.833. The van der Waals surface area contributed by atoms with Crippen molar-refractivity contribution >= 4 is 27.8 Å². The molecule has 4 nitrogen and oxygen atoms in total. The Kier molecular flexibility index (Phi) is 4.48. The van der Waals surface area contributed by atoms with Gasteiger partial charge < -0.3 is 10.4 Å². The van der Waals surface area contributed by atoms with Crippen LogP contribution in [0.1, 0.15) is 31.7 Å². The fourth-order valence-corrected chi connectivity index (χ4v) is 2.61. The molecule has 2 rings (SSSR count). The summed E-state index contributed by atoms with van der Waals surface area (Å²) in [5, 5.41) is 11.6. The lowest BCUT2D eigenvalue weighted by Gasteiger charge is -2.17. The van der Waals surface area contributed by atoms with E-state index >= 15 is 0 Å². The van der Waals surface area contributed by atoms with Gasteiger partial charge in [-0.1, -0.05) is 35.0 Å². The van der Waals surface area contributed by atoms with Crippen molar-refractivity contribution in [2.75, 3.05) is 6.54 Å². The minimum absolute atomic E-state index is 0.0112. The van der Waals surface area contributed by atoms with Crippen molar-refractivity contribution in [1.29, 1.82) is 0 Å². The molecule has 1 aromatic rings. The lowest BCUT2D eigenvalue weighted by atomic mass is 9.95. The number of hydrogen-bond donors (Lipinski definition) is 2. The first-order valence-electron chi connectivity index (χ1n) is 6.70. The van der Waals surface area contributed by atoms with Crippen molar-refractivity contribution in [3.63, 3.8) is 0 Å². The van der Waals surface area contributed by atoms with Gasteiger partial charge in [0.05, 0.1) is 5.41 Å². The Morgan fingerprint density at radius 1 is 1.35 bits per heavy atom. The van der Waals surface area contributed by atoms with E-state index in [4.69, 9.17) is 5.11 Å². The van der Waals surface area contributed by atoms with Gasteiger partial charge in [0.2, 0.25) is 5.91 Å². The average Bonchev–Trinajstić information content (AvgIpc) is 3.17. The predicted octanol–water partition coefficient (Wildman–Crippen LogP) is 2.71. The van der Waals surface area contributed by atoms with E-state index in [0.29, 0.717) is 6.54 Å². The van der Waals surface area contributed by atoms with Crippen LogP contribution in [0.5, 0.6) is 0 Å². The molecule has 108 valence electrons. The molecule has 0 saturated heterocycles. The van der Waals surface area contributed by atoms with Crippen LogP contribution in [0.4, 0.5) is 0 Å². The lowest BCUT2D eigenvalue weighted by molar-refractivity contribution is -0.138. The van der Waals surface area contributed by atoms with Gasteiger partial charge in [0.1, 0.15) is 0 Å². The van der Waals surface area contributed by atoms with Gasteiger partial charge in [0.15, 0.2) is 0 Å². The second-order valence-electron chi connectivity index (χ2n) is 5.50. The van der Waals surface area contributed by atoms with Crippen molar-refractivity contribution in [3.05, 3.63) is 34.3 Å². The summed E-state index contributed by atoms with van der Waals surface area (Å²) in [6.45, 7) is 2.23. The first-order chi connectivity index (χ1) is 9.44. The maximum Gasteiger partial charge on any atom is 0.303 e. The topological polar surface area (TPSA) is 66.4 Å². The summed E-state index contributed by atoms with van der Waals surface area (Å²) in [6.07, 6.45) is 1.78. The normalized spacial score (nSPS) is 17.3. The molecule has 1 unspecified atom stereocenters. The molecular formula is C15H18BrNO3. The van der Waals surface area contributed by atoms with E-state index in [9.17, 15) is 9.59 Å². The number of benzene rings is 1. The van der Waals surface area contributed by atoms with Crippen LogP contribution < -0.4 is 5.32 Å². The van der Waals surface area contributed by atoms with Crippen molar-refractivity contribution in [1.82, 2.24) is 5.32 Å². The Bertz CT molecular complexity index is 508. The quantitative estimate of drug-likeness (QED) is 0.837. The van der Waals surface area contributed by atoms with Crippen LogP contribution in [0, 0.1) is 5.92 Å². The first-order valence-corrected chi connectivity index (χ1v) is 7.49. The number of nitrogens with one attached hydrogen (secondary N) is 1. The summed E-state index contributed by atoms with van der Waals surface area (Å²) < 4.78 is 0.993. The van der Waals surface area contributed by atoms with Crippen LogP contribution in [-0.2, 0) is 15.0 Å². The van der Waals surface area contributed by atoms with Gasteiger partial charge >= 0.3 is 5.97 Å². The highest BCUT2D eigenvalue weighted by Crippen LogP contribution is 2.48. The largest absolute Gasteiger partial charge is 0.481 e. The number of carbonyl (C=O) groups is 2. The molecule has 1 aromatic carbocycles. The molecule has 1 amide bonds. The van der Waals surface area contributed by atoms with Crippen LogP contribution in [0.15, 0.2) is 28.7 Å². The minimum Gasteiger partial charge on any atom is -0.481 e. The first kappa shape index (κ1) is 15.0. The average molecular weight is 340 g/mol. The predicted molar refractivity (Wildman–Crippen MR) is 79.5 cm³/mol. The maximum absolute atomic E-state index is 12.3. The smallest absolute Gasteiger partial charge is 0.303 e. The monoisotopic (exact) mass is 339 g/mol. The van der Waals surface area contributed by atoms with E-state index in [-0.39, 0.29) is 18.2 Å². The van der Waals surface area contributed by atoms with Crippen LogP contribution >= 0.6 is 15.9 Å². The van der Waals surface area contributed by atoms with Gasteiger partial charge in [-0.15, -0.1) is 0 Å². The van der Waals surface area contributed by atoms with Gasteiger partial charge in [-0.25, -0.2) is 0 Å². The molecule has 0 spiro atoms. The molecule has 0 aromatic heterocycles. The highest BCUT2D eigenvalue weighted by Gasteiger charge is 2.51. The third-order valence-electron chi connectivity index (χ3n) is 3.72. The molecule has 5 heteroatoms. The lowest BCUT2D eigenvalue weighted by Crippen LogP contribution is -2.37. The van der Waals surface area contributed by atoms with Crippen molar-refractivity contribution in [3.8, 4) is 0 Å². The number of carbonyl (C=O) groups excluding carboxylic acids is 1. The van der Waals surface area contributed by atoms with Crippen molar-refractivity contribution < 1.29 is 14.7 Å². The number of halogens is 1. The molecule has 1 aliphatic rings. The van der Waals surface area contributed by atoms with Gasteiger partial charge in [-0.2, -0.15) is 0 Å². The van der Waals surface area contributed by atoms with Gasteiger partial charge in [0.25, 0.3) is 0 Å². The molecule has 2 N–H and O–H groups in total. The SMILES string of the molecule is CC(CNC(=O)C1(c2ccc(Br)cc2)CC1)CC(=O)O. The zero-order valence-electron chi connectivity index (χ0n) is 11.4. The van der Waals surface area contributed by atoms with E-state index in [1.807, 2.05) is 31.2 Å². The fourth-order valence-electron chi connectivity index (χ4n) is 2.35. The van der Waals surface area contributed by atoms with Gasteiger partial charge in [-0.05, 0) is 36.5 Å². The summed E-state index contributed by atoms with van der Waals surface area (Å²) in [4.78, 5) is 22.9. The Morgan fingerprint density at radius 2 is 1.95 bits per heavy atom. The zero-order chi connectivity index (χ0) is 14.8. The molecular weight excluding hydrogens is 322 g/mol. The van der Waals surface area contributed by atoms with E-state index in [2.05, 4.69) is 21.2 Å². The fraction of sp³-hybridized carbons (Fsp3) is 0.467. The summed E-state index contributed by atoms with van der Waals surface area (Å²) in [7, 11) is 0. The Hall–Kier alpha value is -1.36. The molecule has 0 heterocycles. The van der Waals surface area contributed by atoms with E-state index < -0.39 is 11.4 Å². The number of amides is 1. The summed E-state index contributed by atoms with van der Waals surface area (Å²) in [6, 6.07) is 7.82. The van der Waals surface area contributed by atoms with E-state index in [1.54, 1.807) is 0 Å². The second kappa shape index (κ2) is 5.95. The Balaban J connectivity index is 1.95. The molecule has 1 aliphatic carbocycles. The summed E-state index contributed by atoms with van der Waals surface area (Å²) in [5.41, 5.74) is 0.632. The van der Waals surface area contributed by atoms with Gasteiger partial charge in [0, 0.05) is 17.4 Å². The third kappa shape index (κ3) is 3.39. The van der Waals surface area contributed by atoms with Crippen LogP contribution in [0.3, 0.4) is 0 Å². The van der Waals surface area contributed by atoms with E-state index in [1.165, 1.54) is 0 Å². The Morgan fingerprint density at radius 3 is 2.45 bits per heavy atom. The molecule has 1 saturated carbocycles. The van der Waals surface area contributed by atoms with Crippen molar-refractivity contribution in [2.45, 2.75) is 31.6 Å². The summed E-state index contributed by atoms with van der Waals surface area (Å²) >= 11 is 3.39. The molecule has 0 aliphatic heterocycles. The number of carboxylic acid groups (broad SMARTS) is 1. The second-order valence-corrected chi connectivity index (χ2v) is 6.42. The molecule has 1 atom stereocenters. The van der Waals surface area contributed by atoms with Crippen LogP contribution in [0.25, 0.3) is 0 Å². The molecule has 0 radical (unpaired) electrons. The van der Waals surface area contributed by atoms with Crippen molar-refractivity contribution in [2.24, 2.45) is 5.92 Å². The molecule has 0 bridgehead atoms. The summed E-state index contributed by atoms with van der Waals surface area (Å²) in [5.74, 6) is -0.880.